The van der Waals surface area contributed by atoms with Gasteiger partial charge in [0.05, 0.1) is 12.6 Å². The minimum atomic E-state index is -4.69. The second kappa shape index (κ2) is 6.56. The molecule has 128 valence electrons. The van der Waals surface area contributed by atoms with Crippen LogP contribution in [0.1, 0.15) is 29.0 Å². The summed E-state index contributed by atoms with van der Waals surface area (Å²) in [7, 11) is 0. The summed E-state index contributed by atoms with van der Waals surface area (Å²) in [4.78, 5) is 23.4. The van der Waals surface area contributed by atoms with Crippen molar-refractivity contribution in [3.05, 3.63) is 36.2 Å². The van der Waals surface area contributed by atoms with Gasteiger partial charge in [-0.1, -0.05) is 0 Å². The average molecular weight is 341 g/mol. The number of aromatic nitrogens is 4. The van der Waals surface area contributed by atoms with Crippen molar-refractivity contribution in [1.29, 1.82) is 0 Å². The lowest BCUT2D eigenvalue weighted by atomic mass is 10.1. The van der Waals surface area contributed by atoms with Crippen LogP contribution >= 0.6 is 0 Å². The number of halogens is 3. The third-order valence-electron chi connectivity index (χ3n) is 3.47. The smallest absolute Gasteiger partial charge is 0.379 e. The molecule has 0 aliphatic carbocycles. The van der Waals surface area contributed by atoms with Crippen LogP contribution in [0.25, 0.3) is 5.95 Å². The predicted octanol–water partition coefficient (Wildman–Crippen LogP) is 1.59. The van der Waals surface area contributed by atoms with Gasteiger partial charge in [0, 0.05) is 25.1 Å². The van der Waals surface area contributed by atoms with Crippen LogP contribution in [0.5, 0.6) is 0 Å². The molecule has 1 N–H and O–H groups in total. The van der Waals surface area contributed by atoms with E-state index >= 15 is 0 Å². The number of hydrogen-bond acceptors (Lipinski definition) is 5. The molecule has 0 spiro atoms. The van der Waals surface area contributed by atoms with Gasteiger partial charge >= 0.3 is 6.18 Å². The highest BCUT2D eigenvalue weighted by Crippen LogP contribution is 2.28. The molecule has 0 saturated carbocycles. The topological polar surface area (TPSA) is 81.9 Å². The molecule has 1 saturated heterocycles. The SMILES string of the molecule is O=C(N[C@@H]1CCCOC1)c1cc(C(F)(F)F)nc(-n2ccnc2)n1. The van der Waals surface area contributed by atoms with Gasteiger partial charge in [0.25, 0.3) is 5.91 Å². The van der Waals surface area contributed by atoms with E-state index in [-0.39, 0.29) is 17.7 Å². The molecule has 3 heterocycles. The zero-order chi connectivity index (χ0) is 17.2. The quantitative estimate of drug-likeness (QED) is 0.917. The van der Waals surface area contributed by atoms with E-state index < -0.39 is 17.8 Å². The molecule has 1 aliphatic rings. The van der Waals surface area contributed by atoms with E-state index in [1.165, 1.54) is 23.3 Å². The largest absolute Gasteiger partial charge is 0.433 e. The fourth-order valence-corrected chi connectivity index (χ4v) is 2.30. The van der Waals surface area contributed by atoms with Crippen LogP contribution in [0.15, 0.2) is 24.8 Å². The monoisotopic (exact) mass is 341 g/mol. The van der Waals surface area contributed by atoms with Gasteiger partial charge in [-0.3, -0.25) is 9.36 Å². The van der Waals surface area contributed by atoms with Crippen LogP contribution in [0.4, 0.5) is 13.2 Å². The van der Waals surface area contributed by atoms with Gasteiger partial charge in [-0.15, -0.1) is 0 Å². The molecule has 0 unspecified atom stereocenters. The summed E-state index contributed by atoms with van der Waals surface area (Å²) in [6.45, 7) is 0.945. The van der Waals surface area contributed by atoms with Crippen molar-refractivity contribution < 1.29 is 22.7 Å². The highest BCUT2D eigenvalue weighted by molar-refractivity contribution is 5.92. The zero-order valence-electron chi connectivity index (χ0n) is 12.5. The highest BCUT2D eigenvalue weighted by Gasteiger charge is 2.34. The summed E-state index contributed by atoms with van der Waals surface area (Å²) in [5, 5.41) is 2.64. The number of imidazole rings is 1. The molecular weight excluding hydrogens is 327 g/mol. The third-order valence-corrected chi connectivity index (χ3v) is 3.47. The molecule has 10 heteroatoms. The van der Waals surface area contributed by atoms with Crippen molar-refractivity contribution in [3.8, 4) is 5.95 Å². The Kier molecular flexibility index (Phi) is 4.47. The van der Waals surface area contributed by atoms with Gasteiger partial charge < -0.3 is 10.1 Å². The number of nitrogens with zero attached hydrogens (tertiary/aromatic N) is 4. The molecular formula is C14H14F3N5O2. The first-order valence-electron chi connectivity index (χ1n) is 7.27. The number of ether oxygens (including phenoxy) is 1. The maximum absolute atomic E-state index is 13.0. The van der Waals surface area contributed by atoms with E-state index in [0.29, 0.717) is 25.7 Å². The highest BCUT2D eigenvalue weighted by atomic mass is 19.4. The van der Waals surface area contributed by atoms with Gasteiger partial charge in [0.15, 0.2) is 5.69 Å². The number of hydrogen-bond donors (Lipinski definition) is 1. The van der Waals surface area contributed by atoms with E-state index in [1.54, 1.807) is 0 Å². The molecule has 3 rings (SSSR count). The van der Waals surface area contributed by atoms with E-state index in [4.69, 9.17) is 4.74 Å². The Bertz CT molecular complexity index is 712. The van der Waals surface area contributed by atoms with Crippen molar-refractivity contribution in [2.24, 2.45) is 0 Å². The van der Waals surface area contributed by atoms with Crippen LogP contribution in [-0.2, 0) is 10.9 Å². The first-order valence-corrected chi connectivity index (χ1v) is 7.27. The van der Waals surface area contributed by atoms with Crippen LogP contribution in [0.3, 0.4) is 0 Å². The Morgan fingerprint density at radius 1 is 1.38 bits per heavy atom. The van der Waals surface area contributed by atoms with Crippen molar-refractivity contribution in [1.82, 2.24) is 24.8 Å². The van der Waals surface area contributed by atoms with Crippen molar-refractivity contribution >= 4 is 5.91 Å². The zero-order valence-corrected chi connectivity index (χ0v) is 12.5. The number of carbonyl (C=O) groups is 1. The molecule has 7 nitrogen and oxygen atoms in total. The predicted molar refractivity (Wildman–Crippen MR) is 75.5 cm³/mol. The molecule has 0 bridgehead atoms. The number of carbonyl (C=O) groups excluding carboxylic acids is 1. The Morgan fingerprint density at radius 2 is 2.21 bits per heavy atom. The van der Waals surface area contributed by atoms with Crippen LogP contribution in [0.2, 0.25) is 0 Å². The van der Waals surface area contributed by atoms with Crippen LogP contribution in [0, 0.1) is 0 Å². The van der Waals surface area contributed by atoms with Gasteiger partial charge in [0.2, 0.25) is 5.95 Å². The fraction of sp³-hybridized carbons (Fsp3) is 0.429. The van der Waals surface area contributed by atoms with Crippen LogP contribution < -0.4 is 5.32 Å². The Labute approximate surface area is 134 Å². The number of nitrogens with one attached hydrogen (secondary N) is 1. The maximum Gasteiger partial charge on any atom is 0.433 e. The summed E-state index contributed by atoms with van der Waals surface area (Å²) in [5.74, 6) is -0.966. The molecule has 1 fully saturated rings. The Hall–Kier alpha value is -2.49. The van der Waals surface area contributed by atoms with Gasteiger partial charge in [-0.05, 0) is 12.8 Å². The van der Waals surface area contributed by atoms with E-state index in [1.807, 2.05) is 0 Å². The lowest BCUT2D eigenvalue weighted by Crippen LogP contribution is -2.41. The van der Waals surface area contributed by atoms with E-state index in [9.17, 15) is 18.0 Å². The molecule has 0 aromatic carbocycles. The number of amides is 1. The maximum atomic E-state index is 13.0. The minimum Gasteiger partial charge on any atom is -0.379 e. The number of rotatable bonds is 3. The first kappa shape index (κ1) is 16.4. The summed E-state index contributed by atoms with van der Waals surface area (Å²) in [6, 6.07) is 0.395. The summed E-state index contributed by atoms with van der Waals surface area (Å²) < 4.78 is 45.6. The Balaban J connectivity index is 1.91. The fourth-order valence-electron chi connectivity index (χ4n) is 2.30. The molecule has 0 radical (unpaired) electrons. The van der Waals surface area contributed by atoms with Crippen molar-refractivity contribution in [2.75, 3.05) is 13.2 Å². The molecule has 2 aromatic heterocycles. The molecule has 2 aromatic rings. The summed E-state index contributed by atoms with van der Waals surface area (Å²) in [6.07, 6.45) is 0.822. The first-order chi connectivity index (χ1) is 11.4. The van der Waals surface area contributed by atoms with Gasteiger partial charge in [-0.2, -0.15) is 13.2 Å². The average Bonchev–Trinajstić information content (AvgIpc) is 3.09. The van der Waals surface area contributed by atoms with E-state index in [2.05, 4.69) is 20.3 Å². The second-order valence-electron chi connectivity index (χ2n) is 5.29. The van der Waals surface area contributed by atoms with Gasteiger partial charge in [-0.25, -0.2) is 15.0 Å². The van der Waals surface area contributed by atoms with Gasteiger partial charge in [0.1, 0.15) is 12.0 Å². The van der Waals surface area contributed by atoms with Crippen molar-refractivity contribution in [3.63, 3.8) is 0 Å². The van der Waals surface area contributed by atoms with Crippen LogP contribution in [-0.4, -0.2) is 44.7 Å². The number of alkyl halides is 3. The third kappa shape index (κ3) is 3.70. The molecule has 1 atom stereocenters. The molecule has 1 aliphatic heterocycles. The minimum absolute atomic E-state index is 0.243. The van der Waals surface area contributed by atoms with Crippen molar-refractivity contribution in [2.45, 2.75) is 25.1 Å². The molecule has 24 heavy (non-hydrogen) atoms. The second-order valence-corrected chi connectivity index (χ2v) is 5.29. The van der Waals surface area contributed by atoms with E-state index in [0.717, 1.165) is 6.42 Å². The summed E-state index contributed by atoms with van der Waals surface area (Å²) >= 11 is 0. The standard InChI is InChI=1S/C14H14F3N5O2/c15-14(16,17)11-6-10(12(23)19-9-2-1-5-24-7-9)20-13(21-11)22-4-3-18-8-22/h3-4,6,8-9H,1-2,5,7H2,(H,19,23)/t9-/m1/s1. The normalized spacial score (nSPS) is 18.4. The lowest BCUT2D eigenvalue weighted by molar-refractivity contribution is -0.141. The Morgan fingerprint density at radius 3 is 2.83 bits per heavy atom. The lowest BCUT2D eigenvalue weighted by Gasteiger charge is -2.23. The molecule has 1 amide bonds. The summed E-state index contributed by atoms with van der Waals surface area (Å²) in [5.41, 5.74) is -1.54.